The van der Waals surface area contributed by atoms with Gasteiger partial charge in [-0.3, -0.25) is 9.59 Å². The van der Waals surface area contributed by atoms with Crippen LogP contribution in [-0.2, 0) is 18.4 Å². The van der Waals surface area contributed by atoms with Gasteiger partial charge in [0.05, 0.1) is 0 Å². The maximum Gasteiger partial charge on any atom is 0.469 e. The summed E-state index contributed by atoms with van der Waals surface area (Å²) in [4.78, 5) is 22.1. The number of carbonyl (C=O) groups is 2. The summed E-state index contributed by atoms with van der Waals surface area (Å²) >= 11 is 0. The smallest absolute Gasteiger partial charge is 0.469 e. The van der Waals surface area contributed by atoms with Crippen LogP contribution < -0.4 is 0 Å². The van der Waals surface area contributed by atoms with Gasteiger partial charge in [-0.1, -0.05) is 27.7 Å². The highest BCUT2D eigenvalue weighted by Crippen LogP contribution is 2.34. The van der Waals surface area contributed by atoms with Crippen molar-refractivity contribution in [3.8, 4) is 0 Å². The first-order valence-electron chi connectivity index (χ1n) is 5.11. The maximum absolute atomic E-state index is 11.1. The van der Waals surface area contributed by atoms with Gasteiger partial charge in [0.1, 0.15) is 0 Å². The zero-order valence-corrected chi connectivity index (χ0v) is 11.3. The van der Waals surface area contributed by atoms with Gasteiger partial charge in [-0.25, -0.2) is 0 Å². The van der Waals surface area contributed by atoms with Gasteiger partial charge in [0.2, 0.25) is 0 Å². The molecule has 0 saturated carbocycles. The normalized spacial score (nSPS) is 11.7. The van der Waals surface area contributed by atoms with Crippen LogP contribution in [-0.4, -0.2) is 20.5 Å². The van der Waals surface area contributed by atoms with E-state index in [-0.39, 0.29) is 23.0 Å². The molecule has 4 nitrogen and oxygen atoms in total. The second-order valence-electron chi connectivity index (χ2n) is 4.22. The quantitative estimate of drug-likeness (QED) is 0.698. The standard InChI is InChI=1S/C10H20O4Si/c1-7(2)15(8(3)4,13-9(5)11)14-10(6)12/h7-8H,1-6H3. The second-order valence-corrected chi connectivity index (χ2v) is 8.38. The van der Waals surface area contributed by atoms with Gasteiger partial charge in [0.25, 0.3) is 11.9 Å². The Labute approximate surface area is 92.2 Å². The van der Waals surface area contributed by atoms with Crippen LogP contribution in [0.15, 0.2) is 0 Å². The Morgan fingerprint density at radius 1 is 0.867 bits per heavy atom. The molecule has 0 bridgehead atoms. The Morgan fingerprint density at radius 2 is 1.13 bits per heavy atom. The fourth-order valence-electron chi connectivity index (χ4n) is 1.61. The van der Waals surface area contributed by atoms with Crippen LogP contribution in [0, 0.1) is 0 Å². The van der Waals surface area contributed by atoms with Crippen LogP contribution in [0.25, 0.3) is 0 Å². The molecule has 0 aliphatic heterocycles. The summed E-state index contributed by atoms with van der Waals surface area (Å²) in [5, 5.41) is 0. The Morgan fingerprint density at radius 3 is 1.27 bits per heavy atom. The van der Waals surface area contributed by atoms with Gasteiger partial charge in [-0.05, 0) is 0 Å². The molecule has 0 aromatic carbocycles. The zero-order chi connectivity index (χ0) is 12.2. The van der Waals surface area contributed by atoms with Crippen molar-refractivity contribution in [2.45, 2.75) is 52.6 Å². The first-order chi connectivity index (χ1) is 6.72. The third-order valence-corrected chi connectivity index (χ3v) is 6.65. The molecule has 0 rings (SSSR count). The molecule has 0 radical (unpaired) electrons. The predicted molar refractivity (Wildman–Crippen MR) is 59.5 cm³/mol. The van der Waals surface area contributed by atoms with E-state index in [9.17, 15) is 9.59 Å². The molecular formula is C10H20O4Si. The third-order valence-electron chi connectivity index (χ3n) is 2.22. The summed E-state index contributed by atoms with van der Waals surface area (Å²) in [7, 11) is -2.78. The third kappa shape index (κ3) is 3.66. The van der Waals surface area contributed by atoms with Crippen molar-refractivity contribution in [3.63, 3.8) is 0 Å². The van der Waals surface area contributed by atoms with Crippen molar-refractivity contribution < 1.29 is 18.4 Å². The molecule has 0 aromatic rings. The average molecular weight is 232 g/mol. The van der Waals surface area contributed by atoms with Gasteiger partial charge in [-0.2, -0.15) is 0 Å². The minimum absolute atomic E-state index is 0.0466. The summed E-state index contributed by atoms with van der Waals surface area (Å²) < 4.78 is 10.7. The number of hydrogen-bond donors (Lipinski definition) is 0. The van der Waals surface area contributed by atoms with Crippen molar-refractivity contribution in [1.29, 1.82) is 0 Å². The lowest BCUT2D eigenvalue weighted by molar-refractivity contribution is -0.139. The highest BCUT2D eigenvalue weighted by atomic mass is 28.4. The van der Waals surface area contributed by atoms with E-state index in [1.165, 1.54) is 13.8 Å². The molecule has 0 saturated heterocycles. The predicted octanol–water partition coefficient (Wildman–Crippen LogP) is 2.37. The van der Waals surface area contributed by atoms with E-state index in [2.05, 4.69) is 0 Å². The summed E-state index contributed by atoms with van der Waals surface area (Å²) in [5.41, 5.74) is 0.0931. The van der Waals surface area contributed by atoms with E-state index in [1.54, 1.807) is 0 Å². The fourth-order valence-corrected chi connectivity index (χ4v) is 4.82. The lowest BCUT2D eigenvalue weighted by atomic mass is 10.5. The van der Waals surface area contributed by atoms with Crippen LogP contribution in [0.2, 0.25) is 11.1 Å². The summed E-state index contributed by atoms with van der Waals surface area (Å²) in [6, 6.07) is 0. The zero-order valence-electron chi connectivity index (χ0n) is 10.3. The van der Waals surface area contributed by atoms with E-state index in [1.807, 2.05) is 27.7 Å². The van der Waals surface area contributed by atoms with E-state index >= 15 is 0 Å². The Bertz CT molecular complexity index is 222. The van der Waals surface area contributed by atoms with Crippen LogP contribution in [0.4, 0.5) is 0 Å². The first-order valence-corrected chi connectivity index (χ1v) is 7.08. The molecule has 15 heavy (non-hydrogen) atoms. The van der Waals surface area contributed by atoms with E-state index in [0.717, 1.165) is 0 Å². The highest BCUT2D eigenvalue weighted by molar-refractivity contribution is 6.73. The van der Waals surface area contributed by atoms with Gasteiger partial charge < -0.3 is 8.85 Å². The first kappa shape index (κ1) is 14.2. The summed E-state index contributed by atoms with van der Waals surface area (Å²) in [6.45, 7) is 10.3. The molecule has 0 heterocycles. The van der Waals surface area contributed by atoms with Crippen molar-refractivity contribution in [1.82, 2.24) is 0 Å². The van der Waals surface area contributed by atoms with Crippen molar-refractivity contribution in [2.75, 3.05) is 0 Å². The number of hydrogen-bond acceptors (Lipinski definition) is 4. The van der Waals surface area contributed by atoms with Crippen molar-refractivity contribution >= 4 is 20.5 Å². The molecule has 88 valence electrons. The average Bonchev–Trinajstić information content (AvgIpc) is 1.99. The topological polar surface area (TPSA) is 52.6 Å². The maximum atomic E-state index is 11.1. The molecule has 0 unspecified atom stereocenters. The molecular weight excluding hydrogens is 212 g/mol. The van der Waals surface area contributed by atoms with E-state index in [0.29, 0.717) is 0 Å². The number of rotatable bonds is 4. The lowest BCUT2D eigenvalue weighted by Crippen LogP contribution is -2.50. The molecule has 0 atom stereocenters. The Hall–Kier alpha value is -0.843. The van der Waals surface area contributed by atoms with Crippen LogP contribution in [0.5, 0.6) is 0 Å². The molecule has 0 spiro atoms. The van der Waals surface area contributed by atoms with Gasteiger partial charge >= 0.3 is 8.56 Å². The molecule has 0 aliphatic carbocycles. The molecule has 0 N–H and O–H groups in total. The van der Waals surface area contributed by atoms with Crippen molar-refractivity contribution in [2.24, 2.45) is 0 Å². The second kappa shape index (κ2) is 5.30. The van der Waals surface area contributed by atoms with Crippen LogP contribution in [0.1, 0.15) is 41.5 Å². The SMILES string of the molecule is CC(=O)O[Si](OC(C)=O)(C(C)C)C(C)C. The van der Waals surface area contributed by atoms with E-state index < -0.39 is 8.56 Å². The van der Waals surface area contributed by atoms with E-state index in [4.69, 9.17) is 8.85 Å². The Balaban J connectivity index is 5.07. The van der Waals surface area contributed by atoms with Gasteiger partial charge in [0, 0.05) is 24.9 Å². The van der Waals surface area contributed by atoms with Gasteiger partial charge in [0.15, 0.2) is 0 Å². The Kier molecular flexibility index (Phi) is 5.00. The molecule has 5 heteroatoms. The molecule has 0 amide bonds. The minimum Gasteiger partial charge on any atom is -0.485 e. The monoisotopic (exact) mass is 232 g/mol. The van der Waals surface area contributed by atoms with Gasteiger partial charge in [-0.15, -0.1) is 0 Å². The van der Waals surface area contributed by atoms with Crippen LogP contribution >= 0.6 is 0 Å². The van der Waals surface area contributed by atoms with Crippen molar-refractivity contribution in [3.05, 3.63) is 0 Å². The molecule has 0 aromatic heterocycles. The number of carbonyl (C=O) groups excluding carboxylic acids is 2. The highest BCUT2D eigenvalue weighted by Gasteiger charge is 2.50. The fraction of sp³-hybridized carbons (Fsp3) is 0.800. The summed E-state index contributed by atoms with van der Waals surface area (Å²) in [5.74, 6) is -0.768. The molecule has 0 fully saturated rings. The molecule has 0 aliphatic rings. The largest absolute Gasteiger partial charge is 0.485 e. The minimum atomic E-state index is -2.78. The lowest BCUT2D eigenvalue weighted by Gasteiger charge is -2.34. The van der Waals surface area contributed by atoms with Crippen LogP contribution in [0.3, 0.4) is 0 Å². The summed E-state index contributed by atoms with van der Waals surface area (Å²) in [6.07, 6.45) is 0.